The van der Waals surface area contributed by atoms with Gasteiger partial charge in [0.2, 0.25) is 0 Å². The van der Waals surface area contributed by atoms with Crippen LogP contribution in [0.5, 0.6) is 0 Å². The highest BCUT2D eigenvalue weighted by atomic mass is 79.9. The minimum Gasteiger partial charge on any atom is -0.255 e. The molecule has 0 aliphatic carbocycles. The fourth-order valence-corrected chi connectivity index (χ4v) is 3.59. The van der Waals surface area contributed by atoms with E-state index < -0.39 is 9.05 Å². The number of fused-ring (bicyclic) bond motifs is 1. The maximum atomic E-state index is 11.2. The van der Waals surface area contributed by atoms with E-state index in [-0.39, 0.29) is 4.90 Å². The van der Waals surface area contributed by atoms with Crippen LogP contribution in [0.2, 0.25) is 0 Å². The van der Waals surface area contributed by atoms with Crippen LogP contribution in [0.15, 0.2) is 39.8 Å². The van der Waals surface area contributed by atoms with Gasteiger partial charge in [-0.2, -0.15) is 0 Å². The molecule has 0 spiro atoms. The molecule has 0 aliphatic heterocycles. The van der Waals surface area contributed by atoms with E-state index in [0.29, 0.717) is 9.99 Å². The second-order valence-electron chi connectivity index (χ2n) is 2.89. The lowest BCUT2D eigenvalue weighted by Crippen LogP contribution is -1.93. The molecule has 0 saturated carbocycles. The minimum absolute atomic E-state index is 0.0374. The monoisotopic (exact) mass is 305 g/mol. The van der Waals surface area contributed by atoms with Gasteiger partial charge in [0.15, 0.2) is 0 Å². The van der Waals surface area contributed by atoms with Gasteiger partial charge in [-0.15, -0.1) is 0 Å². The van der Waals surface area contributed by atoms with Crippen molar-refractivity contribution < 1.29 is 8.42 Å². The van der Waals surface area contributed by atoms with Crippen molar-refractivity contribution in [3.8, 4) is 0 Å². The van der Waals surface area contributed by atoms with E-state index in [9.17, 15) is 8.42 Å². The summed E-state index contributed by atoms with van der Waals surface area (Å²) in [5, 5.41) is 0.855. The third-order valence-corrected chi connectivity index (χ3v) is 4.37. The zero-order valence-electron chi connectivity index (χ0n) is 7.31. The van der Waals surface area contributed by atoms with E-state index in [1.54, 1.807) is 18.3 Å². The average Bonchev–Trinajstić information content (AvgIpc) is 2.16. The zero-order chi connectivity index (χ0) is 11.1. The van der Waals surface area contributed by atoms with Crippen molar-refractivity contribution in [3.05, 3.63) is 34.9 Å². The van der Waals surface area contributed by atoms with Gasteiger partial charge in [-0.05, 0) is 28.1 Å². The third kappa shape index (κ3) is 2.00. The fraction of sp³-hybridized carbons (Fsp3) is 0. The number of rotatable bonds is 1. The molecular formula is C9H5BrClNO2S. The number of benzene rings is 1. The van der Waals surface area contributed by atoms with Gasteiger partial charge in [0.25, 0.3) is 9.05 Å². The summed E-state index contributed by atoms with van der Waals surface area (Å²) in [6.07, 6.45) is 1.59. The van der Waals surface area contributed by atoms with Gasteiger partial charge in [-0.1, -0.05) is 12.1 Å². The number of pyridine rings is 1. The molecule has 0 aliphatic rings. The number of hydrogen-bond acceptors (Lipinski definition) is 3. The Morgan fingerprint density at radius 2 is 2.00 bits per heavy atom. The molecule has 0 fully saturated rings. The number of halogens is 2. The van der Waals surface area contributed by atoms with Crippen molar-refractivity contribution in [1.82, 2.24) is 4.98 Å². The van der Waals surface area contributed by atoms with Gasteiger partial charge in [-0.3, -0.25) is 4.98 Å². The highest BCUT2D eigenvalue weighted by molar-refractivity contribution is 9.10. The Morgan fingerprint density at radius 3 is 2.67 bits per heavy atom. The summed E-state index contributed by atoms with van der Waals surface area (Å²) in [6, 6.07) is 6.75. The van der Waals surface area contributed by atoms with Gasteiger partial charge < -0.3 is 0 Å². The number of aromatic nitrogens is 1. The second-order valence-corrected chi connectivity index (χ2v) is 6.22. The molecule has 0 atom stereocenters. The predicted octanol–water partition coefficient (Wildman–Crippen LogP) is 2.92. The topological polar surface area (TPSA) is 47.0 Å². The second kappa shape index (κ2) is 3.73. The van der Waals surface area contributed by atoms with Crippen LogP contribution in [0.25, 0.3) is 10.9 Å². The van der Waals surface area contributed by atoms with Gasteiger partial charge >= 0.3 is 0 Å². The quantitative estimate of drug-likeness (QED) is 0.761. The van der Waals surface area contributed by atoms with E-state index in [0.717, 1.165) is 5.39 Å². The molecular weight excluding hydrogens is 302 g/mol. The van der Waals surface area contributed by atoms with E-state index in [1.807, 2.05) is 6.07 Å². The Kier molecular flexibility index (Phi) is 2.70. The number of nitrogens with zero attached hydrogens (tertiary/aromatic N) is 1. The van der Waals surface area contributed by atoms with Crippen LogP contribution in [-0.4, -0.2) is 13.4 Å². The molecule has 1 aromatic carbocycles. The smallest absolute Gasteiger partial charge is 0.255 e. The van der Waals surface area contributed by atoms with Crippen molar-refractivity contribution in [2.24, 2.45) is 0 Å². The molecule has 1 heterocycles. The molecule has 0 bridgehead atoms. The molecule has 15 heavy (non-hydrogen) atoms. The molecule has 3 nitrogen and oxygen atoms in total. The van der Waals surface area contributed by atoms with Crippen LogP contribution >= 0.6 is 26.6 Å². The Morgan fingerprint density at radius 1 is 1.27 bits per heavy atom. The molecule has 2 rings (SSSR count). The third-order valence-electron chi connectivity index (χ3n) is 1.94. The molecule has 0 amide bonds. The Hall–Kier alpha value is -0.650. The maximum Gasteiger partial charge on any atom is 0.262 e. The average molecular weight is 307 g/mol. The van der Waals surface area contributed by atoms with Crippen LogP contribution in [0, 0.1) is 0 Å². The number of hydrogen-bond donors (Lipinski definition) is 0. The Balaban J connectivity index is 2.88. The first-order chi connectivity index (χ1) is 7.00. The summed E-state index contributed by atoms with van der Waals surface area (Å²) < 4.78 is 22.8. The lowest BCUT2D eigenvalue weighted by Gasteiger charge is -2.03. The van der Waals surface area contributed by atoms with E-state index >= 15 is 0 Å². The van der Waals surface area contributed by atoms with Crippen LogP contribution in [0.4, 0.5) is 0 Å². The van der Waals surface area contributed by atoms with Gasteiger partial charge in [0, 0.05) is 22.3 Å². The highest BCUT2D eigenvalue weighted by Crippen LogP contribution is 2.30. The van der Waals surface area contributed by atoms with Crippen molar-refractivity contribution in [2.75, 3.05) is 0 Å². The predicted molar refractivity (Wildman–Crippen MR) is 62.5 cm³/mol. The molecule has 0 N–H and O–H groups in total. The summed E-state index contributed by atoms with van der Waals surface area (Å²) in [6.45, 7) is 0. The van der Waals surface area contributed by atoms with Gasteiger partial charge in [0.05, 0.1) is 14.9 Å². The van der Waals surface area contributed by atoms with E-state index in [1.165, 1.54) is 6.07 Å². The van der Waals surface area contributed by atoms with Crippen molar-refractivity contribution in [2.45, 2.75) is 4.90 Å². The molecule has 6 heteroatoms. The molecule has 0 saturated heterocycles. The molecule has 0 unspecified atom stereocenters. The maximum absolute atomic E-state index is 11.2. The van der Waals surface area contributed by atoms with Crippen LogP contribution in [-0.2, 0) is 9.05 Å². The molecule has 0 radical (unpaired) electrons. The Labute approximate surface area is 99.6 Å². The first-order valence-electron chi connectivity index (χ1n) is 3.98. The van der Waals surface area contributed by atoms with Crippen molar-refractivity contribution >= 4 is 46.6 Å². The first kappa shape index (κ1) is 10.9. The first-order valence-corrected chi connectivity index (χ1v) is 7.08. The standard InChI is InChI=1S/C9H5BrClNO2S/c10-8-7(15(11,13)14)4-3-6-2-1-5-12-9(6)8/h1-5H. The summed E-state index contributed by atoms with van der Waals surface area (Å²) in [7, 11) is 1.54. The summed E-state index contributed by atoms with van der Waals surface area (Å²) in [5.41, 5.74) is 0.583. The molecule has 78 valence electrons. The van der Waals surface area contributed by atoms with Crippen LogP contribution in [0.1, 0.15) is 0 Å². The SMILES string of the molecule is O=S(=O)(Cl)c1ccc2cccnc2c1Br. The van der Waals surface area contributed by atoms with Crippen molar-refractivity contribution in [1.29, 1.82) is 0 Å². The van der Waals surface area contributed by atoms with Gasteiger partial charge in [-0.25, -0.2) is 8.42 Å². The molecule has 2 aromatic rings. The van der Waals surface area contributed by atoms with E-state index in [2.05, 4.69) is 20.9 Å². The van der Waals surface area contributed by atoms with Gasteiger partial charge in [0.1, 0.15) is 0 Å². The fourth-order valence-electron chi connectivity index (χ4n) is 1.28. The minimum atomic E-state index is -3.74. The Bertz CT molecular complexity index is 627. The summed E-state index contributed by atoms with van der Waals surface area (Å²) in [5.74, 6) is 0. The lowest BCUT2D eigenvalue weighted by molar-refractivity contribution is 0.609. The summed E-state index contributed by atoms with van der Waals surface area (Å²) in [4.78, 5) is 4.12. The lowest BCUT2D eigenvalue weighted by atomic mass is 10.2. The van der Waals surface area contributed by atoms with E-state index in [4.69, 9.17) is 10.7 Å². The summed E-state index contributed by atoms with van der Waals surface area (Å²) >= 11 is 3.19. The zero-order valence-corrected chi connectivity index (χ0v) is 10.5. The van der Waals surface area contributed by atoms with Crippen molar-refractivity contribution in [3.63, 3.8) is 0 Å². The highest BCUT2D eigenvalue weighted by Gasteiger charge is 2.16. The van der Waals surface area contributed by atoms with Crippen LogP contribution in [0.3, 0.4) is 0 Å². The molecule has 1 aromatic heterocycles. The largest absolute Gasteiger partial charge is 0.262 e. The normalized spacial score (nSPS) is 11.9. The van der Waals surface area contributed by atoms with Crippen LogP contribution < -0.4 is 0 Å².